The smallest absolute Gasteiger partial charge is 0.217 e. The maximum Gasteiger partial charge on any atom is 0.217 e. The van der Waals surface area contributed by atoms with Crippen LogP contribution in [-0.2, 0) is 33.2 Å². The van der Waals surface area contributed by atoms with E-state index < -0.39 is 155 Å². The van der Waals surface area contributed by atoms with Crippen molar-refractivity contribution in [3.63, 3.8) is 0 Å². The van der Waals surface area contributed by atoms with Crippen molar-refractivity contribution in [3.05, 3.63) is 0 Å². The standard InChI is InChI=1S/C26H47NO21/c1-7(33)27-13-22(47-25-19(41)18(40)15(37)10(4-30)44-25)16(38)11(5-31)43-24(13)48-23-17(39)12(6-32)45-26(20(23)42)46-21(9(35)3-29)14(36)8(34)2-28/h8-26,28-32,34-42H,2-6H2,1H3,(H,27,33)/t8-,9+,10+,11+,12+,13+,14+,15-,16-,17-,18-,19+,20+,21+,22+,23-,24+,25-,26-/m0/s1. The fourth-order valence-electron chi connectivity index (χ4n) is 5.53. The number of carbonyl (C=O) groups excluding carboxylic acids is 1. The normalized spacial score (nSPS) is 43.3. The van der Waals surface area contributed by atoms with Gasteiger partial charge in [-0.3, -0.25) is 4.79 Å². The molecule has 0 aromatic heterocycles. The first kappa shape index (κ1) is 41.1. The number of rotatable bonds is 15. The molecule has 48 heavy (non-hydrogen) atoms. The number of carbonyl (C=O) groups is 1. The van der Waals surface area contributed by atoms with Crippen LogP contribution in [0.5, 0.6) is 0 Å². The zero-order valence-electron chi connectivity index (χ0n) is 25.6. The van der Waals surface area contributed by atoms with Gasteiger partial charge in [-0.25, -0.2) is 0 Å². The highest BCUT2D eigenvalue weighted by atomic mass is 16.7. The Morgan fingerprint density at radius 1 is 0.625 bits per heavy atom. The lowest BCUT2D eigenvalue weighted by atomic mass is 9.94. The molecule has 0 bridgehead atoms. The third kappa shape index (κ3) is 9.12. The number of aliphatic hydroxyl groups is 14. The quantitative estimate of drug-likeness (QED) is 0.0750. The van der Waals surface area contributed by atoms with Gasteiger partial charge < -0.3 is 105 Å². The van der Waals surface area contributed by atoms with Gasteiger partial charge in [-0.15, -0.1) is 0 Å². The van der Waals surface area contributed by atoms with Crippen LogP contribution < -0.4 is 5.32 Å². The molecule has 0 unspecified atom stereocenters. The minimum Gasteiger partial charge on any atom is -0.394 e. The molecule has 282 valence electrons. The van der Waals surface area contributed by atoms with E-state index in [1.165, 1.54) is 0 Å². The van der Waals surface area contributed by atoms with Gasteiger partial charge in [0.2, 0.25) is 5.91 Å². The fraction of sp³-hybridized carbons (Fsp3) is 0.962. The van der Waals surface area contributed by atoms with Gasteiger partial charge in [0.05, 0.1) is 33.0 Å². The van der Waals surface area contributed by atoms with Crippen LogP contribution in [0.3, 0.4) is 0 Å². The van der Waals surface area contributed by atoms with E-state index in [1.54, 1.807) is 0 Å². The minimum atomic E-state index is -2.11. The summed E-state index contributed by atoms with van der Waals surface area (Å²) >= 11 is 0. The molecule has 0 aliphatic carbocycles. The summed E-state index contributed by atoms with van der Waals surface area (Å²) in [5.74, 6) is -0.783. The van der Waals surface area contributed by atoms with Crippen LogP contribution in [0.1, 0.15) is 6.92 Å². The fourth-order valence-corrected chi connectivity index (χ4v) is 5.53. The molecule has 3 fully saturated rings. The Morgan fingerprint density at radius 3 is 1.62 bits per heavy atom. The van der Waals surface area contributed by atoms with Gasteiger partial charge in [-0.05, 0) is 0 Å². The predicted molar refractivity (Wildman–Crippen MR) is 148 cm³/mol. The van der Waals surface area contributed by atoms with Crippen molar-refractivity contribution in [1.29, 1.82) is 0 Å². The van der Waals surface area contributed by atoms with Gasteiger partial charge in [0.15, 0.2) is 18.9 Å². The molecule has 3 rings (SSSR count). The van der Waals surface area contributed by atoms with E-state index in [4.69, 9.17) is 28.4 Å². The van der Waals surface area contributed by atoms with E-state index in [0.29, 0.717) is 0 Å². The second-order valence-corrected chi connectivity index (χ2v) is 11.6. The molecular formula is C26H47NO21. The summed E-state index contributed by atoms with van der Waals surface area (Å²) in [5.41, 5.74) is 0. The van der Waals surface area contributed by atoms with Crippen molar-refractivity contribution in [2.75, 3.05) is 33.0 Å². The molecular weight excluding hydrogens is 662 g/mol. The number of hydrogen-bond donors (Lipinski definition) is 15. The average molecular weight is 710 g/mol. The number of aliphatic hydroxyl groups excluding tert-OH is 14. The van der Waals surface area contributed by atoms with E-state index in [1.807, 2.05) is 0 Å². The summed E-state index contributed by atoms with van der Waals surface area (Å²) in [6, 6.07) is -1.63. The van der Waals surface area contributed by atoms with Gasteiger partial charge in [-0.2, -0.15) is 0 Å². The molecule has 3 aliphatic rings. The molecule has 22 nitrogen and oxygen atoms in total. The van der Waals surface area contributed by atoms with Gasteiger partial charge in [-0.1, -0.05) is 0 Å². The van der Waals surface area contributed by atoms with E-state index in [0.717, 1.165) is 6.92 Å². The van der Waals surface area contributed by atoms with Crippen LogP contribution in [-0.4, -0.2) is 227 Å². The molecule has 1 amide bonds. The second kappa shape index (κ2) is 18.2. The molecule has 3 aliphatic heterocycles. The van der Waals surface area contributed by atoms with E-state index in [9.17, 15) is 76.3 Å². The van der Waals surface area contributed by atoms with Gasteiger partial charge >= 0.3 is 0 Å². The van der Waals surface area contributed by atoms with E-state index in [-0.39, 0.29) is 0 Å². The van der Waals surface area contributed by atoms with Crippen molar-refractivity contribution >= 4 is 5.91 Å². The highest BCUT2D eigenvalue weighted by molar-refractivity contribution is 5.73. The van der Waals surface area contributed by atoms with Crippen LogP contribution in [0.25, 0.3) is 0 Å². The Labute approximate surface area is 272 Å². The van der Waals surface area contributed by atoms with Gasteiger partial charge in [0.25, 0.3) is 0 Å². The Balaban J connectivity index is 1.94. The molecule has 0 aromatic rings. The maximum atomic E-state index is 12.3. The third-order valence-electron chi connectivity index (χ3n) is 8.25. The largest absolute Gasteiger partial charge is 0.394 e. The monoisotopic (exact) mass is 709 g/mol. The SMILES string of the molecule is CC(=O)N[C@H]1[C@@H](O[C@H]2[C@@H](O)[C@@H](CO)O[C@@H](O[C@@H]([C@H](O)[C@@H](O)CO)[C@H](O)CO)[C@@H]2O)O[C@H](CO)[C@H](O)[C@@H]1O[C@@H]1O[C@H](CO)[C@H](O)[C@H](O)[C@H]1O. The highest BCUT2D eigenvalue weighted by Crippen LogP contribution is 2.33. The van der Waals surface area contributed by atoms with Crippen molar-refractivity contribution in [3.8, 4) is 0 Å². The molecule has 3 heterocycles. The van der Waals surface area contributed by atoms with Crippen molar-refractivity contribution in [2.45, 2.75) is 123 Å². The first-order chi connectivity index (χ1) is 22.6. The predicted octanol–water partition coefficient (Wildman–Crippen LogP) is -9.97. The molecule has 0 radical (unpaired) electrons. The lowest BCUT2D eigenvalue weighted by molar-refractivity contribution is -0.371. The summed E-state index contributed by atoms with van der Waals surface area (Å²) in [5, 5.41) is 145. The molecule has 19 atom stereocenters. The number of amides is 1. The Bertz CT molecular complexity index is 982. The lowest BCUT2D eigenvalue weighted by Crippen LogP contribution is -2.70. The zero-order chi connectivity index (χ0) is 36.0. The summed E-state index contributed by atoms with van der Waals surface area (Å²) in [7, 11) is 0. The molecule has 0 spiro atoms. The number of ether oxygens (including phenoxy) is 6. The zero-order valence-corrected chi connectivity index (χ0v) is 25.6. The second-order valence-electron chi connectivity index (χ2n) is 11.6. The van der Waals surface area contributed by atoms with Gasteiger partial charge in [0.1, 0.15) is 97.6 Å². The molecule has 3 saturated heterocycles. The molecule has 0 aromatic carbocycles. The van der Waals surface area contributed by atoms with Crippen molar-refractivity contribution in [1.82, 2.24) is 5.32 Å². The van der Waals surface area contributed by atoms with E-state index in [2.05, 4.69) is 5.32 Å². The first-order valence-corrected chi connectivity index (χ1v) is 15.0. The van der Waals surface area contributed by atoms with Crippen molar-refractivity contribution in [2.24, 2.45) is 0 Å². The first-order valence-electron chi connectivity index (χ1n) is 15.0. The molecule has 15 N–H and O–H groups in total. The summed E-state index contributed by atoms with van der Waals surface area (Å²) in [4.78, 5) is 12.3. The van der Waals surface area contributed by atoms with Crippen LogP contribution in [0.15, 0.2) is 0 Å². The van der Waals surface area contributed by atoms with Crippen LogP contribution in [0, 0.1) is 0 Å². The topological polar surface area (TPSA) is 368 Å². The summed E-state index contributed by atoms with van der Waals surface area (Å²) < 4.78 is 33.3. The van der Waals surface area contributed by atoms with Crippen LogP contribution in [0.2, 0.25) is 0 Å². The van der Waals surface area contributed by atoms with Gasteiger partial charge in [0, 0.05) is 6.92 Å². The lowest BCUT2D eigenvalue weighted by Gasteiger charge is -2.49. The number of hydrogen-bond acceptors (Lipinski definition) is 21. The average Bonchev–Trinajstić information content (AvgIpc) is 3.07. The molecule has 22 heteroatoms. The highest BCUT2D eigenvalue weighted by Gasteiger charge is 2.55. The summed E-state index contributed by atoms with van der Waals surface area (Å²) in [6.45, 7) is -3.70. The third-order valence-corrected chi connectivity index (χ3v) is 8.25. The number of nitrogens with one attached hydrogen (secondary N) is 1. The Hall–Kier alpha value is -1.33. The van der Waals surface area contributed by atoms with Crippen molar-refractivity contribution < 1.29 is 105 Å². The van der Waals surface area contributed by atoms with E-state index >= 15 is 0 Å². The minimum absolute atomic E-state index is 0.783. The molecule has 0 saturated carbocycles. The Morgan fingerprint density at radius 2 is 1.10 bits per heavy atom. The maximum absolute atomic E-state index is 12.3. The summed E-state index contributed by atoms with van der Waals surface area (Å²) in [6.07, 6.45) is -33.3. The van der Waals surface area contributed by atoms with Crippen LogP contribution >= 0.6 is 0 Å². The Kier molecular flexibility index (Phi) is 15.6. The van der Waals surface area contributed by atoms with Crippen LogP contribution in [0.4, 0.5) is 0 Å².